The van der Waals surface area contributed by atoms with Crippen molar-refractivity contribution < 1.29 is 9.59 Å². The first kappa shape index (κ1) is 11.6. The zero-order valence-corrected chi connectivity index (χ0v) is 10.8. The number of alkyl halides is 1. The van der Waals surface area contributed by atoms with Crippen LogP contribution in [0.1, 0.15) is 17.0 Å². The molecule has 0 aliphatic carbocycles. The van der Waals surface area contributed by atoms with Crippen LogP contribution in [0.2, 0.25) is 0 Å². The van der Waals surface area contributed by atoms with Crippen molar-refractivity contribution in [2.24, 2.45) is 0 Å². The lowest BCUT2D eigenvalue weighted by molar-refractivity contribution is -0.125. The fraction of sp³-hybridized carbons (Fsp3) is 0.273. The summed E-state index contributed by atoms with van der Waals surface area (Å²) >= 11 is 9.27. The number of carbonyl (C=O) groups is 2. The van der Waals surface area contributed by atoms with Crippen molar-refractivity contribution in [1.82, 2.24) is 5.32 Å². The van der Waals surface area contributed by atoms with Gasteiger partial charge < -0.3 is 0 Å². The van der Waals surface area contributed by atoms with Crippen molar-refractivity contribution in [3.05, 3.63) is 33.8 Å². The first-order valence-corrected chi connectivity index (χ1v) is 5.98. The highest BCUT2D eigenvalue weighted by Crippen LogP contribution is 2.31. The Morgan fingerprint density at radius 1 is 1.25 bits per heavy atom. The van der Waals surface area contributed by atoms with Gasteiger partial charge in [-0.05, 0) is 30.2 Å². The highest BCUT2D eigenvalue weighted by Gasteiger charge is 2.41. The van der Waals surface area contributed by atoms with Crippen LogP contribution in [0.25, 0.3) is 0 Å². The molecule has 0 spiro atoms. The van der Waals surface area contributed by atoms with Gasteiger partial charge in [-0.1, -0.05) is 22.0 Å². The second-order valence-corrected chi connectivity index (χ2v) is 5.18. The van der Waals surface area contributed by atoms with E-state index in [2.05, 4.69) is 21.2 Å². The molecule has 1 saturated heterocycles. The second kappa shape index (κ2) is 4.18. The molecule has 0 bridgehead atoms. The summed E-state index contributed by atoms with van der Waals surface area (Å²) < 4.78 is 0.874. The Kier molecular flexibility index (Phi) is 3.04. The highest BCUT2D eigenvalue weighted by molar-refractivity contribution is 9.10. The maximum Gasteiger partial charge on any atom is 0.245 e. The van der Waals surface area contributed by atoms with Gasteiger partial charge in [0.25, 0.3) is 0 Å². The summed E-state index contributed by atoms with van der Waals surface area (Å²) in [4.78, 5) is 22.8. The molecular formula is C11H9BrClNO2. The Morgan fingerprint density at radius 3 is 2.44 bits per heavy atom. The quantitative estimate of drug-likeness (QED) is 0.638. The Balaban J connectivity index is 2.44. The Morgan fingerprint density at radius 2 is 1.94 bits per heavy atom. The second-order valence-electron chi connectivity index (χ2n) is 3.79. The van der Waals surface area contributed by atoms with Crippen LogP contribution in [-0.2, 0) is 9.59 Å². The molecule has 5 heteroatoms. The number of carbonyl (C=O) groups excluding carboxylic acids is 2. The van der Waals surface area contributed by atoms with E-state index in [0.29, 0.717) is 0 Å². The molecule has 1 heterocycles. The molecule has 1 aliphatic rings. The van der Waals surface area contributed by atoms with Crippen molar-refractivity contribution in [2.75, 3.05) is 0 Å². The van der Waals surface area contributed by atoms with Crippen LogP contribution >= 0.6 is 27.5 Å². The molecule has 1 aromatic carbocycles. The van der Waals surface area contributed by atoms with Crippen LogP contribution < -0.4 is 5.32 Å². The van der Waals surface area contributed by atoms with E-state index in [0.717, 1.165) is 15.6 Å². The molecule has 0 saturated carbocycles. The van der Waals surface area contributed by atoms with E-state index in [1.807, 2.05) is 25.1 Å². The summed E-state index contributed by atoms with van der Waals surface area (Å²) in [6, 6.07) is 5.61. The molecule has 1 aliphatic heterocycles. The lowest BCUT2D eigenvalue weighted by Crippen LogP contribution is -2.22. The van der Waals surface area contributed by atoms with Gasteiger partial charge in [-0.15, -0.1) is 11.6 Å². The molecular weight excluding hydrogens is 293 g/mol. The van der Waals surface area contributed by atoms with Crippen molar-refractivity contribution in [3.8, 4) is 0 Å². The first-order chi connectivity index (χ1) is 7.49. The fourth-order valence-electron chi connectivity index (χ4n) is 1.82. The third kappa shape index (κ3) is 1.99. The largest absolute Gasteiger partial charge is 0.295 e. The summed E-state index contributed by atoms with van der Waals surface area (Å²) in [6.07, 6.45) is 0. The summed E-state index contributed by atoms with van der Waals surface area (Å²) in [7, 11) is 0. The van der Waals surface area contributed by atoms with E-state index in [1.165, 1.54) is 0 Å². The maximum absolute atomic E-state index is 11.6. The molecule has 1 N–H and O–H groups in total. The normalized spacial score (nSPS) is 24.7. The molecule has 3 nitrogen and oxygen atoms in total. The number of imide groups is 1. The molecule has 0 radical (unpaired) electrons. The molecule has 2 atom stereocenters. The molecule has 2 amide bonds. The van der Waals surface area contributed by atoms with E-state index < -0.39 is 17.2 Å². The van der Waals surface area contributed by atoms with E-state index in [-0.39, 0.29) is 5.91 Å². The summed E-state index contributed by atoms with van der Waals surface area (Å²) in [6.45, 7) is 1.92. The third-order valence-corrected chi connectivity index (χ3v) is 3.40. The van der Waals surface area contributed by atoms with Crippen LogP contribution in [0.5, 0.6) is 0 Å². The standard InChI is InChI=1S/C11H9BrClNO2/c1-5-2-6(4-7(12)3-5)8-9(13)11(16)14-10(8)15/h2-4,8-9H,1H3,(H,14,15,16). The Bertz CT molecular complexity index is 455. The van der Waals surface area contributed by atoms with Crippen LogP contribution in [0, 0.1) is 6.92 Å². The molecule has 2 unspecified atom stereocenters. The zero-order chi connectivity index (χ0) is 11.9. The summed E-state index contributed by atoms with van der Waals surface area (Å²) in [5.41, 5.74) is 1.77. The first-order valence-electron chi connectivity index (χ1n) is 4.75. The van der Waals surface area contributed by atoms with Gasteiger partial charge in [-0.25, -0.2) is 0 Å². The van der Waals surface area contributed by atoms with E-state index >= 15 is 0 Å². The Hall–Kier alpha value is -0.870. The van der Waals surface area contributed by atoms with E-state index in [9.17, 15) is 9.59 Å². The van der Waals surface area contributed by atoms with E-state index in [1.54, 1.807) is 0 Å². The number of rotatable bonds is 1. The minimum atomic E-state index is -0.818. The number of amides is 2. The molecule has 1 aromatic rings. The Labute approximate surface area is 106 Å². The van der Waals surface area contributed by atoms with Gasteiger partial charge in [0, 0.05) is 4.47 Å². The summed E-state index contributed by atoms with van der Waals surface area (Å²) in [5.74, 6) is -1.35. The van der Waals surface area contributed by atoms with Gasteiger partial charge in [0.1, 0.15) is 5.38 Å². The van der Waals surface area contributed by atoms with Crippen molar-refractivity contribution in [3.63, 3.8) is 0 Å². The SMILES string of the molecule is Cc1cc(Br)cc(C2C(=O)NC(=O)C2Cl)c1. The number of hydrogen-bond donors (Lipinski definition) is 1. The molecule has 2 rings (SSSR count). The molecule has 16 heavy (non-hydrogen) atoms. The van der Waals surface area contributed by atoms with Gasteiger partial charge in [0.2, 0.25) is 11.8 Å². The lowest BCUT2D eigenvalue weighted by Gasteiger charge is -2.11. The third-order valence-electron chi connectivity index (χ3n) is 2.50. The molecule has 0 aromatic heterocycles. The molecule has 1 fully saturated rings. The number of benzene rings is 1. The monoisotopic (exact) mass is 301 g/mol. The number of nitrogens with one attached hydrogen (secondary N) is 1. The minimum Gasteiger partial charge on any atom is -0.295 e. The lowest BCUT2D eigenvalue weighted by atomic mass is 9.96. The number of halogens is 2. The van der Waals surface area contributed by atoms with Crippen molar-refractivity contribution >= 4 is 39.3 Å². The average Bonchev–Trinajstić information content (AvgIpc) is 2.39. The predicted octanol–water partition coefficient (Wildman–Crippen LogP) is 2.10. The van der Waals surface area contributed by atoms with Gasteiger partial charge in [-0.2, -0.15) is 0 Å². The predicted molar refractivity (Wildman–Crippen MR) is 64.4 cm³/mol. The van der Waals surface area contributed by atoms with Gasteiger partial charge >= 0.3 is 0 Å². The van der Waals surface area contributed by atoms with Crippen LogP contribution in [0.3, 0.4) is 0 Å². The van der Waals surface area contributed by atoms with Gasteiger partial charge in [0.15, 0.2) is 0 Å². The van der Waals surface area contributed by atoms with Crippen molar-refractivity contribution in [2.45, 2.75) is 18.2 Å². The zero-order valence-electron chi connectivity index (χ0n) is 8.46. The van der Waals surface area contributed by atoms with Gasteiger partial charge in [-0.3, -0.25) is 14.9 Å². The van der Waals surface area contributed by atoms with Crippen LogP contribution in [0.4, 0.5) is 0 Å². The van der Waals surface area contributed by atoms with Crippen LogP contribution in [-0.4, -0.2) is 17.2 Å². The van der Waals surface area contributed by atoms with Gasteiger partial charge in [0.05, 0.1) is 5.92 Å². The average molecular weight is 303 g/mol. The maximum atomic E-state index is 11.6. The molecule has 84 valence electrons. The highest BCUT2D eigenvalue weighted by atomic mass is 79.9. The smallest absolute Gasteiger partial charge is 0.245 e. The fourth-order valence-corrected chi connectivity index (χ4v) is 2.76. The topological polar surface area (TPSA) is 46.2 Å². The summed E-state index contributed by atoms with van der Waals surface area (Å²) in [5, 5.41) is 1.41. The van der Waals surface area contributed by atoms with Crippen LogP contribution in [0.15, 0.2) is 22.7 Å². The number of aryl methyl sites for hydroxylation is 1. The van der Waals surface area contributed by atoms with Crippen molar-refractivity contribution in [1.29, 1.82) is 0 Å². The number of hydrogen-bond acceptors (Lipinski definition) is 2. The minimum absolute atomic E-state index is 0.331. The van der Waals surface area contributed by atoms with E-state index in [4.69, 9.17) is 11.6 Å².